The van der Waals surface area contributed by atoms with Gasteiger partial charge in [0.25, 0.3) is 5.69 Å². The molecule has 0 radical (unpaired) electrons. The maximum Gasteiger partial charge on any atom is 0.270 e. The van der Waals surface area contributed by atoms with E-state index in [1.54, 1.807) is 13.2 Å². The average Bonchev–Trinajstić information content (AvgIpc) is 2.47. The highest BCUT2D eigenvalue weighted by Gasteiger charge is 2.14. The summed E-state index contributed by atoms with van der Waals surface area (Å²) in [5.74, 6) is 0.485. The number of hydrogen-bond donors (Lipinski definition) is 2. The SMILES string of the molecule is COCC(CCO)Nc1ncnc2ccc([N+](=O)[O-])cc12. The number of anilines is 1. The minimum absolute atomic E-state index is 0.00416. The molecule has 0 bridgehead atoms. The van der Waals surface area contributed by atoms with Gasteiger partial charge < -0.3 is 15.2 Å². The molecule has 1 aromatic carbocycles. The Kier molecular flexibility index (Phi) is 4.96. The number of benzene rings is 1. The van der Waals surface area contributed by atoms with E-state index in [-0.39, 0.29) is 18.3 Å². The van der Waals surface area contributed by atoms with Gasteiger partial charge in [-0.3, -0.25) is 10.1 Å². The number of aliphatic hydroxyl groups is 1. The summed E-state index contributed by atoms with van der Waals surface area (Å²) < 4.78 is 5.08. The largest absolute Gasteiger partial charge is 0.396 e. The Balaban J connectivity index is 2.37. The van der Waals surface area contributed by atoms with Gasteiger partial charge in [0.1, 0.15) is 12.1 Å². The van der Waals surface area contributed by atoms with Gasteiger partial charge in [0.05, 0.1) is 23.1 Å². The number of aromatic nitrogens is 2. The van der Waals surface area contributed by atoms with Crippen LogP contribution in [0.1, 0.15) is 6.42 Å². The van der Waals surface area contributed by atoms with Crippen LogP contribution in [0.5, 0.6) is 0 Å². The first-order chi connectivity index (χ1) is 10.2. The highest BCUT2D eigenvalue weighted by Crippen LogP contribution is 2.24. The van der Waals surface area contributed by atoms with Crippen molar-refractivity contribution >= 4 is 22.4 Å². The lowest BCUT2D eigenvalue weighted by Crippen LogP contribution is -2.26. The summed E-state index contributed by atoms with van der Waals surface area (Å²) in [5.41, 5.74) is 0.587. The number of rotatable bonds is 7. The van der Waals surface area contributed by atoms with E-state index in [2.05, 4.69) is 15.3 Å². The van der Waals surface area contributed by atoms with Crippen molar-refractivity contribution in [2.45, 2.75) is 12.5 Å². The lowest BCUT2D eigenvalue weighted by atomic mass is 10.2. The van der Waals surface area contributed by atoms with E-state index in [4.69, 9.17) is 9.84 Å². The topological polar surface area (TPSA) is 110 Å². The van der Waals surface area contributed by atoms with Gasteiger partial charge in [-0.1, -0.05) is 0 Å². The number of nitrogens with one attached hydrogen (secondary N) is 1. The molecule has 1 unspecified atom stereocenters. The fourth-order valence-corrected chi connectivity index (χ4v) is 2.02. The molecule has 0 aliphatic carbocycles. The van der Waals surface area contributed by atoms with Crippen molar-refractivity contribution in [2.75, 3.05) is 25.6 Å². The Morgan fingerprint density at radius 1 is 1.48 bits per heavy atom. The van der Waals surface area contributed by atoms with E-state index in [0.717, 1.165) is 0 Å². The van der Waals surface area contributed by atoms with Crippen LogP contribution >= 0.6 is 0 Å². The molecule has 0 saturated heterocycles. The molecule has 0 aliphatic heterocycles. The first-order valence-corrected chi connectivity index (χ1v) is 6.41. The molecule has 8 heteroatoms. The van der Waals surface area contributed by atoms with E-state index in [1.165, 1.54) is 18.5 Å². The molecule has 0 saturated carbocycles. The number of ether oxygens (including phenoxy) is 1. The van der Waals surface area contributed by atoms with Crippen LogP contribution in [0.3, 0.4) is 0 Å². The molecular weight excluding hydrogens is 276 g/mol. The van der Waals surface area contributed by atoms with Crippen molar-refractivity contribution in [2.24, 2.45) is 0 Å². The Morgan fingerprint density at radius 3 is 2.95 bits per heavy atom. The number of fused-ring (bicyclic) bond motifs is 1. The Hall–Kier alpha value is -2.32. The van der Waals surface area contributed by atoms with E-state index in [0.29, 0.717) is 29.7 Å². The summed E-state index contributed by atoms with van der Waals surface area (Å²) in [6, 6.07) is 4.27. The molecule has 112 valence electrons. The van der Waals surface area contributed by atoms with Crippen molar-refractivity contribution < 1.29 is 14.8 Å². The number of methoxy groups -OCH3 is 1. The van der Waals surface area contributed by atoms with Gasteiger partial charge in [-0.05, 0) is 12.5 Å². The third-order valence-electron chi connectivity index (χ3n) is 3.02. The Labute approximate surface area is 120 Å². The third kappa shape index (κ3) is 3.61. The second-order valence-electron chi connectivity index (χ2n) is 4.49. The zero-order valence-electron chi connectivity index (χ0n) is 11.5. The van der Waals surface area contributed by atoms with E-state index in [9.17, 15) is 10.1 Å². The van der Waals surface area contributed by atoms with Gasteiger partial charge in [0.15, 0.2) is 0 Å². The number of non-ortho nitro benzene ring substituents is 1. The maximum absolute atomic E-state index is 10.9. The van der Waals surface area contributed by atoms with E-state index < -0.39 is 4.92 Å². The smallest absolute Gasteiger partial charge is 0.270 e. The highest BCUT2D eigenvalue weighted by atomic mass is 16.6. The van der Waals surface area contributed by atoms with Gasteiger partial charge in [0, 0.05) is 31.2 Å². The summed E-state index contributed by atoms with van der Waals surface area (Å²) in [6.07, 6.45) is 1.87. The third-order valence-corrected chi connectivity index (χ3v) is 3.02. The van der Waals surface area contributed by atoms with Crippen molar-refractivity contribution in [3.63, 3.8) is 0 Å². The molecule has 0 fully saturated rings. The number of aliphatic hydroxyl groups excluding tert-OH is 1. The number of hydrogen-bond acceptors (Lipinski definition) is 7. The molecule has 2 N–H and O–H groups in total. The number of nitro groups is 1. The first kappa shape index (κ1) is 15.1. The molecular formula is C13H16N4O4. The predicted octanol–water partition coefficient (Wildman–Crippen LogP) is 1.35. The van der Waals surface area contributed by atoms with E-state index in [1.807, 2.05) is 0 Å². The van der Waals surface area contributed by atoms with Gasteiger partial charge in [0.2, 0.25) is 0 Å². The highest BCUT2D eigenvalue weighted by molar-refractivity contribution is 5.90. The van der Waals surface area contributed by atoms with Gasteiger partial charge >= 0.3 is 0 Å². The standard InChI is InChI=1S/C13H16N4O4/c1-21-7-9(4-5-18)16-13-11-6-10(17(19)20)2-3-12(11)14-8-15-13/h2-3,6,8-9,18H,4-5,7H2,1H3,(H,14,15,16). The van der Waals surface area contributed by atoms with Crippen molar-refractivity contribution in [1.29, 1.82) is 0 Å². The number of nitrogens with zero attached hydrogens (tertiary/aromatic N) is 3. The second kappa shape index (κ2) is 6.91. The molecule has 8 nitrogen and oxygen atoms in total. The zero-order chi connectivity index (χ0) is 15.2. The molecule has 21 heavy (non-hydrogen) atoms. The molecule has 1 aromatic heterocycles. The quantitative estimate of drug-likeness (QED) is 0.585. The fraction of sp³-hybridized carbons (Fsp3) is 0.385. The molecule has 1 heterocycles. The predicted molar refractivity (Wildman–Crippen MR) is 77.2 cm³/mol. The average molecular weight is 292 g/mol. The van der Waals surface area contributed by atoms with Gasteiger partial charge in [-0.25, -0.2) is 9.97 Å². The van der Waals surface area contributed by atoms with Crippen LogP contribution in [0, 0.1) is 10.1 Å². The Morgan fingerprint density at radius 2 is 2.29 bits per heavy atom. The number of nitro benzene ring substituents is 1. The second-order valence-corrected chi connectivity index (χ2v) is 4.49. The first-order valence-electron chi connectivity index (χ1n) is 6.41. The maximum atomic E-state index is 10.9. The fourth-order valence-electron chi connectivity index (χ4n) is 2.02. The van der Waals surface area contributed by atoms with Crippen LogP contribution in [-0.4, -0.2) is 46.4 Å². The lowest BCUT2D eigenvalue weighted by molar-refractivity contribution is -0.384. The van der Waals surface area contributed by atoms with Crippen LogP contribution in [0.25, 0.3) is 10.9 Å². The normalized spacial score (nSPS) is 12.3. The summed E-state index contributed by atoms with van der Waals surface area (Å²) in [4.78, 5) is 18.6. The minimum Gasteiger partial charge on any atom is -0.396 e. The summed E-state index contributed by atoms with van der Waals surface area (Å²) in [6.45, 7) is 0.394. The van der Waals surface area contributed by atoms with Crippen LogP contribution in [0.2, 0.25) is 0 Å². The van der Waals surface area contributed by atoms with Crippen LogP contribution in [0.4, 0.5) is 11.5 Å². The summed E-state index contributed by atoms with van der Waals surface area (Å²) in [7, 11) is 1.56. The van der Waals surface area contributed by atoms with Crippen LogP contribution in [-0.2, 0) is 4.74 Å². The van der Waals surface area contributed by atoms with Gasteiger partial charge in [-0.2, -0.15) is 0 Å². The molecule has 1 atom stereocenters. The van der Waals surface area contributed by atoms with Crippen molar-refractivity contribution in [3.8, 4) is 0 Å². The summed E-state index contributed by atoms with van der Waals surface area (Å²) >= 11 is 0. The molecule has 0 spiro atoms. The van der Waals surface area contributed by atoms with E-state index >= 15 is 0 Å². The van der Waals surface area contributed by atoms with Crippen molar-refractivity contribution in [3.05, 3.63) is 34.6 Å². The lowest BCUT2D eigenvalue weighted by Gasteiger charge is -2.18. The molecule has 0 aliphatic rings. The monoisotopic (exact) mass is 292 g/mol. The Bertz CT molecular complexity index is 629. The van der Waals surface area contributed by atoms with Gasteiger partial charge in [-0.15, -0.1) is 0 Å². The molecule has 0 amide bonds. The zero-order valence-corrected chi connectivity index (χ0v) is 11.5. The molecule has 2 aromatic rings. The molecule has 2 rings (SSSR count). The summed E-state index contributed by atoms with van der Waals surface area (Å²) in [5, 5.41) is 23.6. The van der Waals surface area contributed by atoms with Crippen molar-refractivity contribution in [1.82, 2.24) is 9.97 Å². The minimum atomic E-state index is -0.462. The van der Waals surface area contributed by atoms with Crippen LogP contribution in [0.15, 0.2) is 24.5 Å². The van der Waals surface area contributed by atoms with Crippen LogP contribution < -0.4 is 5.32 Å².